The van der Waals surface area contributed by atoms with E-state index in [1.165, 1.54) is 5.56 Å². The number of piperidine rings is 1. The SMILES string of the molecule is Cc1ccc(-c2cc(C3CCN(C(=O)c4ccncc4)CC3)[nH]n2)cc1. The van der Waals surface area contributed by atoms with E-state index in [1.807, 2.05) is 4.90 Å². The highest BCUT2D eigenvalue weighted by molar-refractivity contribution is 5.94. The molecule has 0 radical (unpaired) electrons. The Hall–Kier alpha value is -2.95. The minimum absolute atomic E-state index is 0.0933. The Morgan fingerprint density at radius 2 is 1.77 bits per heavy atom. The Bertz CT molecular complexity index is 878. The van der Waals surface area contributed by atoms with Crippen LogP contribution in [0.5, 0.6) is 0 Å². The average Bonchev–Trinajstić information content (AvgIpc) is 3.19. The van der Waals surface area contributed by atoms with Crippen LogP contribution in [0.1, 0.15) is 40.4 Å². The number of rotatable bonds is 3. The Labute approximate surface area is 153 Å². The summed E-state index contributed by atoms with van der Waals surface area (Å²) in [6.45, 7) is 3.62. The first-order valence-corrected chi connectivity index (χ1v) is 9.02. The quantitative estimate of drug-likeness (QED) is 0.785. The number of H-pyrrole nitrogens is 1. The Balaban J connectivity index is 1.41. The number of hydrogen-bond donors (Lipinski definition) is 1. The van der Waals surface area contributed by atoms with Crippen molar-refractivity contribution in [3.63, 3.8) is 0 Å². The maximum Gasteiger partial charge on any atom is 0.253 e. The highest BCUT2D eigenvalue weighted by Crippen LogP contribution is 2.30. The normalized spacial score (nSPS) is 15.2. The van der Waals surface area contributed by atoms with Gasteiger partial charge in [-0.2, -0.15) is 5.10 Å². The molecule has 4 rings (SSSR count). The molecule has 132 valence electrons. The molecule has 26 heavy (non-hydrogen) atoms. The summed E-state index contributed by atoms with van der Waals surface area (Å²) in [7, 11) is 0. The van der Waals surface area contributed by atoms with E-state index in [4.69, 9.17) is 0 Å². The molecule has 0 unspecified atom stereocenters. The van der Waals surface area contributed by atoms with Crippen molar-refractivity contribution in [3.8, 4) is 11.3 Å². The molecular formula is C21H22N4O. The summed E-state index contributed by atoms with van der Waals surface area (Å²) < 4.78 is 0. The van der Waals surface area contributed by atoms with Gasteiger partial charge in [-0.15, -0.1) is 0 Å². The molecule has 1 aromatic carbocycles. The maximum atomic E-state index is 12.5. The number of benzene rings is 1. The van der Waals surface area contributed by atoms with Gasteiger partial charge in [-0.3, -0.25) is 14.9 Å². The van der Waals surface area contributed by atoms with Gasteiger partial charge in [0.1, 0.15) is 0 Å². The number of nitrogens with zero attached hydrogens (tertiary/aromatic N) is 3. The highest BCUT2D eigenvalue weighted by Gasteiger charge is 2.25. The van der Waals surface area contributed by atoms with Crippen LogP contribution in [-0.4, -0.2) is 39.1 Å². The fourth-order valence-electron chi connectivity index (χ4n) is 3.49. The number of hydrogen-bond acceptors (Lipinski definition) is 3. The van der Waals surface area contributed by atoms with Crippen LogP contribution < -0.4 is 0 Å². The van der Waals surface area contributed by atoms with Crippen molar-refractivity contribution < 1.29 is 4.79 Å². The zero-order valence-corrected chi connectivity index (χ0v) is 14.9. The molecule has 1 fully saturated rings. The van der Waals surface area contributed by atoms with Crippen molar-refractivity contribution in [2.45, 2.75) is 25.7 Å². The van der Waals surface area contributed by atoms with Crippen LogP contribution >= 0.6 is 0 Å². The molecule has 0 aliphatic carbocycles. The van der Waals surface area contributed by atoms with Gasteiger partial charge in [0, 0.05) is 48.2 Å². The summed E-state index contributed by atoms with van der Waals surface area (Å²) in [6, 6.07) is 14.1. The number of carbonyl (C=O) groups excluding carboxylic acids is 1. The summed E-state index contributed by atoms with van der Waals surface area (Å²) >= 11 is 0. The van der Waals surface area contributed by atoms with Gasteiger partial charge in [0.2, 0.25) is 0 Å². The first kappa shape index (κ1) is 16.5. The number of nitrogens with one attached hydrogen (secondary N) is 1. The highest BCUT2D eigenvalue weighted by atomic mass is 16.2. The average molecular weight is 346 g/mol. The molecule has 1 N–H and O–H groups in total. The number of aromatic amines is 1. The smallest absolute Gasteiger partial charge is 0.253 e. The zero-order chi connectivity index (χ0) is 17.9. The summed E-state index contributed by atoms with van der Waals surface area (Å²) in [5, 5.41) is 7.68. The summed E-state index contributed by atoms with van der Waals surface area (Å²) in [5.41, 5.74) is 5.23. The van der Waals surface area contributed by atoms with E-state index in [0.29, 0.717) is 11.5 Å². The Morgan fingerprint density at radius 3 is 2.46 bits per heavy atom. The third kappa shape index (κ3) is 3.38. The number of aryl methyl sites for hydroxylation is 1. The molecular weight excluding hydrogens is 324 g/mol. The fraction of sp³-hybridized carbons (Fsp3) is 0.286. The Kier molecular flexibility index (Phi) is 4.52. The van der Waals surface area contributed by atoms with Crippen LogP contribution in [0.3, 0.4) is 0 Å². The van der Waals surface area contributed by atoms with Crippen LogP contribution in [0.2, 0.25) is 0 Å². The predicted molar refractivity (Wildman–Crippen MR) is 101 cm³/mol. The van der Waals surface area contributed by atoms with E-state index in [1.54, 1.807) is 24.5 Å². The van der Waals surface area contributed by atoms with Crippen molar-refractivity contribution in [2.24, 2.45) is 0 Å². The predicted octanol–water partition coefficient (Wildman–Crippen LogP) is 3.80. The van der Waals surface area contributed by atoms with E-state index in [0.717, 1.165) is 42.9 Å². The summed E-state index contributed by atoms with van der Waals surface area (Å²) in [4.78, 5) is 18.4. The molecule has 0 saturated carbocycles. The minimum Gasteiger partial charge on any atom is -0.339 e. The van der Waals surface area contributed by atoms with E-state index in [2.05, 4.69) is 52.4 Å². The van der Waals surface area contributed by atoms with Crippen molar-refractivity contribution in [1.82, 2.24) is 20.1 Å². The number of likely N-dealkylation sites (tertiary alicyclic amines) is 1. The standard InChI is InChI=1S/C21H22N4O/c1-15-2-4-16(5-3-15)19-14-20(24-23-19)17-8-12-25(13-9-17)21(26)18-6-10-22-11-7-18/h2-7,10-11,14,17H,8-9,12-13H2,1H3,(H,23,24). The van der Waals surface area contributed by atoms with Crippen molar-refractivity contribution in [2.75, 3.05) is 13.1 Å². The van der Waals surface area contributed by atoms with Crippen LogP contribution in [0, 0.1) is 6.92 Å². The van der Waals surface area contributed by atoms with Crippen molar-refractivity contribution >= 4 is 5.91 Å². The summed E-state index contributed by atoms with van der Waals surface area (Å²) in [6.07, 6.45) is 5.23. The third-order valence-electron chi connectivity index (χ3n) is 5.09. The van der Waals surface area contributed by atoms with Crippen LogP contribution in [0.15, 0.2) is 54.9 Å². The number of aromatic nitrogens is 3. The molecule has 3 aromatic rings. The molecule has 0 spiro atoms. The largest absolute Gasteiger partial charge is 0.339 e. The van der Waals surface area contributed by atoms with Gasteiger partial charge in [-0.25, -0.2) is 0 Å². The van der Waals surface area contributed by atoms with E-state index < -0.39 is 0 Å². The van der Waals surface area contributed by atoms with Gasteiger partial charge < -0.3 is 4.90 Å². The van der Waals surface area contributed by atoms with Gasteiger partial charge in [-0.05, 0) is 38.0 Å². The van der Waals surface area contributed by atoms with Crippen LogP contribution in [0.4, 0.5) is 0 Å². The first-order valence-electron chi connectivity index (χ1n) is 9.02. The molecule has 5 heteroatoms. The van der Waals surface area contributed by atoms with Gasteiger partial charge in [0.15, 0.2) is 0 Å². The molecule has 3 heterocycles. The summed E-state index contributed by atoms with van der Waals surface area (Å²) in [5.74, 6) is 0.513. The lowest BCUT2D eigenvalue weighted by atomic mass is 9.92. The van der Waals surface area contributed by atoms with Gasteiger partial charge >= 0.3 is 0 Å². The molecule has 1 aliphatic heterocycles. The molecule has 0 bridgehead atoms. The number of amides is 1. The maximum absolute atomic E-state index is 12.5. The molecule has 1 saturated heterocycles. The topological polar surface area (TPSA) is 61.9 Å². The van der Waals surface area contributed by atoms with Gasteiger partial charge in [0.05, 0.1) is 5.69 Å². The fourth-order valence-corrected chi connectivity index (χ4v) is 3.49. The van der Waals surface area contributed by atoms with E-state index in [-0.39, 0.29) is 5.91 Å². The second kappa shape index (κ2) is 7.12. The third-order valence-corrected chi connectivity index (χ3v) is 5.09. The molecule has 1 amide bonds. The lowest BCUT2D eigenvalue weighted by molar-refractivity contribution is 0.0712. The second-order valence-electron chi connectivity index (χ2n) is 6.88. The molecule has 2 aromatic heterocycles. The molecule has 5 nitrogen and oxygen atoms in total. The number of carbonyl (C=O) groups is 1. The second-order valence-corrected chi connectivity index (χ2v) is 6.88. The van der Waals surface area contributed by atoms with Crippen LogP contribution in [-0.2, 0) is 0 Å². The first-order chi connectivity index (χ1) is 12.7. The molecule has 1 aliphatic rings. The van der Waals surface area contributed by atoms with E-state index >= 15 is 0 Å². The van der Waals surface area contributed by atoms with Crippen molar-refractivity contribution in [1.29, 1.82) is 0 Å². The van der Waals surface area contributed by atoms with Crippen LogP contribution in [0.25, 0.3) is 11.3 Å². The minimum atomic E-state index is 0.0933. The number of pyridine rings is 1. The van der Waals surface area contributed by atoms with Gasteiger partial charge in [-0.1, -0.05) is 29.8 Å². The van der Waals surface area contributed by atoms with Crippen molar-refractivity contribution in [3.05, 3.63) is 71.7 Å². The zero-order valence-electron chi connectivity index (χ0n) is 14.9. The Morgan fingerprint density at radius 1 is 1.08 bits per heavy atom. The van der Waals surface area contributed by atoms with Gasteiger partial charge in [0.25, 0.3) is 5.91 Å². The monoisotopic (exact) mass is 346 g/mol. The molecule has 0 atom stereocenters. The van der Waals surface area contributed by atoms with E-state index in [9.17, 15) is 4.79 Å². The lowest BCUT2D eigenvalue weighted by Crippen LogP contribution is -2.38. The lowest BCUT2D eigenvalue weighted by Gasteiger charge is -2.31.